The molecule has 2 aromatic carbocycles. The van der Waals surface area contributed by atoms with Crippen molar-refractivity contribution in [2.24, 2.45) is 0 Å². The molecule has 0 atom stereocenters. The third kappa shape index (κ3) is 3.86. The Labute approximate surface area is 123 Å². The second-order valence-electron chi connectivity index (χ2n) is 5.66. The number of hydrogen-bond donors (Lipinski definition) is 1. The zero-order chi connectivity index (χ0) is 14.4. The zero-order valence-electron chi connectivity index (χ0n) is 12.8. The van der Waals surface area contributed by atoms with Crippen molar-refractivity contribution in [3.63, 3.8) is 0 Å². The van der Waals surface area contributed by atoms with Gasteiger partial charge in [0.25, 0.3) is 0 Å². The van der Waals surface area contributed by atoms with Crippen LogP contribution in [0.1, 0.15) is 50.7 Å². The number of hydrogen-bond acceptors (Lipinski definition) is 1. The molecule has 1 heteroatoms. The van der Waals surface area contributed by atoms with Crippen LogP contribution in [0.5, 0.6) is 0 Å². The molecule has 1 nitrogen and oxygen atoms in total. The molecule has 0 aliphatic heterocycles. The fourth-order valence-corrected chi connectivity index (χ4v) is 2.33. The van der Waals surface area contributed by atoms with Crippen molar-refractivity contribution in [3.8, 4) is 0 Å². The normalized spacial score (nSPS) is 10.8. The largest absolute Gasteiger partial charge is 0.355 e. The van der Waals surface area contributed by atoms with E-state index in [1.165, 1.54) is 35.3 Å². The maximum absolute atomic E-state index is 3.55. The molecule has 0 saturated heterocycles. The van der Waals surface area contributed by atoms with E-state index in [0.717, 1.165) is 6.42 Å². The molecule has 0 saturated carbocycles. The lowest BCUT2D eigenvalue weighted by atomic mass is 10.0. The molecular formula is C19H25N. The summed E-state index contributed by atoms with van der Waals surface area (Å²) in [6, 6.07) is 17.4. The molecule has 0 amide bonds. The summed E-state index contributed by atoms with van der Waals surface area (Å²) in [7, 11) is 0. The summed E-state index contributed by atoms with van der Waals surface area (Å²) >= 11 is 0. The molecular weight excluding hydrogens is 242 g/mol. The van der Waals surface area contributed by atoms with Gasteiger partial charge in [-0.3, -0.25) is 0 Å². The van der Waals surface area contributed by atoms with E-state index in [-0.39, 0.29) is 0 Å². The van der Waals surface area contributed by atoms with Gasteiger partial charge < -0.3 is 5.32 Å². The Bertz CT molecular complexity index is 526. The minimum absolute atomic E-state index is 0.584. The monoisotopic (exact) mass is 267 g/mol. The first-order valence-electron chi connectivity index (χ1n) is 7.65. The first kappa shape index (κ1) is 14.6. The topological polar surface area (TPSA) is 12.0 Å². The fraction of sp³-hybridized carbons (Fsp3) is 0.368. The van der Waals surface area contributed by atoms with Gasteiger partial charge >= 0.3 is 0 Å². The van der Waals surface area contributed by atoms with Crippen LogP contribution in [0, 0.1) is 0 Å². The predicted octanol–water partition coefficient (Wildman–Crippen LogP) is 5.90. The van der Waals surface area contributed by atoms with E-state index in [1.54, 1.807) is 0 Å². The lowest BCUT2D eigenvalue weighted by molar-refractivity contribution is 0.796. The SMILES string of the molecule is CCCCc1ccccc1Nc1ccc(C(C)C)cc1. The molecule has 0 radical (unpaired) electrons. The van der Waals surface area contributed by atoms with E-state index in [0.29, 0.717) is 5.92 Å². The van der Waals surface area contributed by atoms with Crippen LogP contribution in [-0.2, 0) is 6.42 Å². The maximum atomic E-state index is 3.55. The van der Waals surface area contributed by atoms with Crippen LogP contribution in [0.4, 0.5) is 11.4 Å². The molecule has 2 rings (SSSR count). The molecule has 106 valence electrons. The Morgan fingerprint density at radius 2 is 1.65 bits per heavy atom. The Morgan fingerprint density at radius 3 is 2.30 bits per heavy atom. The molecule has 0 aliphatic carbocycles. The highest BCUT2D eigenvalue weighted by molar-refractivity contribution is 5.63. The standard InChI is InChI=1S/C19H25N/c1-4-5-8-17-9-6-7-10-19(17)20-18-13-11-16(12-14-18)15(2)3/h6-7,9-15,20H,4-5,8H2,1-3H3. The third-order valence-corrected chi connectivity index (χ3v) is 3.67. The van der Waals surface area contributed by atoms with Crippen molar-refractivity contribution in [2.45, 2.75) is 46.0 Å². The van der Waals surface area contributed by atoms with Gasteiger partial charge in [0.05, 0.1) is 0 Å². The molecule has 20 heavy (non-hydrogen) atoms. The van der Waals surface area contributed by atoms with Crippen LogP contribution in [0.25, 0.3) is 0 Å². The van der Waals surface area contributed by atoms with Gasteiger partial charge in [0.2, 0.25) is 0 Å². The highest BCUT2D eigenvalue weighted by Crippen LogP contribution is 2.24. The van der Waals surface area contributed by atoms with E-state index in [9.17, 15) is 0 Å². The first-order valence-corrected chi connectivity index (χ1v) is 7.65. The second-order valence-corrected chi connectivity index (χ2v) is 5.66. The van der Waals surface area contributed by atoms with Crippen molar-refractivity contribution in [1.29, 1.82) is 0 Å². The Kier molecular flexibility index (Phi) is 5.23. The van der Waals surface area contributed by atoms with Gasteiger partial charge in [0.1, 0.15) is 0 Å². The number of para-hydroxylation sites is 1. The first-order chi connectivity index (χ1) is 9.70. The Balaban J connectivity index is 2.13. The third-order valence-electron chi connectivity index (χ3n) is 3.67. The maximum Gasteiger partial charge on any atom is 0.0416 e. The molecule has 2 aromatic rings. The molecule has 0 bridgehead atoms. The van der Waals surface area contributed by atoms with E-state index in [2.05, 4.69) is 74.6 Å². The van der Waals surface area contributed by atoms with Gasteiger partial charge in [0, 0.05) is 11.4 Å². The van der Waals surface area contributed by atoms with Gasteiger partial charge in [-0.25, -0.2) is 0 Å². The second kappa shape index (κ2) is 7.14. The van der Waals surface area contributed by atoms with Crippen LogP contribution in [0.3, 0.4) is 0 Å². The highest BCUT2D eigenvalue weighted by Gasteiger charge is 2.03. The lowest BCUT2D eigenvalue weighted by Gasteiger charge is -2.13. The van der Waals surface area contributed by atoms with E-state index in [1.807, 2.05) is 0 Å². The van der Waals surface area contributed by atoms with Crippen LogP contribution in [-0.4, -0.2) is 0 Å². The minimum Gasteiger partial charge on any atom is -0.355 e. The summed E-state index contributed by atoms with van der Waals surface area (Å²) in [6.07, 6.45) is 3.62. The molecule has 1 N–H and O–H groups in total. The van der Waals surface area contributed by atoms with Crippen LogP contribution in [0.2, 0.25) is 0 Å². The van der Waals surface area contributed by atoms with Crippen molar-refractivity contribution in [3.05, 3.63) is 59.7 Å². The summed E-state index contributed by atoms with van der Waals surface area (Å²) < 4.78 is 0. The minimum atomic E-state index is 0.584. The van der Waals surface area contributed by atoms with Crippen LogP contribution in [0.15, 0.2) is 48.5 Å². The zero-order valence-corrected chi connectivity index (χ0v) is 12.8. The van der Waals surface area contributed by atoms with Gasteiger partial charge in [0.15, 0.2) is 0 Å². The van der Waals surface area contributed by atoms with Crippen molar-refractivity contribution < 1.29 is 0 Å². The number of nitrogens with one attached hydrogen (secondary N) is 1. The van der Waals surface area contributed by atoms with Crippen LogP contribution >= 0.6 is 0 Å². The van der Waals surface area contributed by atoms with Gasteiger partial charge in [-0.1, -0.05) is 57.5 Å². The summed E-state index contributed by atoms with van der Waals surface area (Å²) in [5, 5.41) is 3.55. The average Bonchev–Trinajstić information content (AvgIpc) is 2.47. The van der Waals surface area contributed by atoms with E-state index in [4.69, 9.17) is 0 Å². The van der Waals surface area contributed by atoms with Crippen molar-refractivity contribution in [2.75, 3.05) is 5.32 Å². The summed E-state index contributed by atoms with van der Waals surface area (Å²) in [5.74, 6) is 0.584. The van der Waals surface area contributed by atoms with Crippen molar-refractivity contribution >= 4 is 11.4 Å². The van der Waals surface area contributed by atoms with Gasteiger partial charge in [-0.05, 0) is 48.1 Å². The number of benzene rings is 2. The molecule has 0 unspecified atom stereocenters. The van der Waals surface area contributed by atoms with E-state index >= 15 is 0 Å². The lowest BCUT2D eigenvalue weighted by Crippen LogP contribution is -1.96. The summed E-state index contributed by atoms with van der Waals surface area (Å²) in [6.45, 7) is 6.69. The number of rotatable bonds is 6. The molecule has 0 heterocycles. The van der Waals surface area contributed by atoms with Crippen LogP contribution < -0.4 is 5.32 Å². The number of aryl methyl sites for hydroxylation is 1. The van der Waals surface area contributed by atoms with Crippen molar-refractivity contribution in [1.82, 2.24) is 0 Å². The average molecular weight is 267 g/mol. The predicted molar refractivity (Wildman–Crippen MR) is 88.9 cm³/mol. The number of unbranched alkanes of at least 4 members (excludes halogenated alkanes) is 1. The molecule has 0 fully saturated rings. The van der Waals surface area contributed by atoms with Gasteiger partial charge in [-0.15, -0.1) is 0 Å². The molecule has 0 aromatic heterocycles. The molecule has 0 aliphatic rings. The smallest absolute Gasteiger partial charge is 0.0416 e. The van der Waals surface area contributed by atoms with E-state index < -0.39 is 0 Å². The number of anilines is 2. The van der Waals surface area contributed by atoms with Gasteiger partial charge in [-0.2, -0.15) is 0 Å². The highest BCUT2D eigenvalue weighted by atomic mass is 14.9. The fourth-order valence-electron chi connectivity index (χ4n) is 2.33. The summed E-state index contributed by atoms with van der Waals surface area (Å²) in [4.78, 5) is 0. The Morgan fingerprint density at radius 1 is 0.950 bits per heavy atom. The molecule has 0 spiro atoms. The Hall–Kier alpha value is -1.76. The summed E-state index contributed by atoms with van der Waals surface area (Å²) in [5.41, 5.74) is 5.19. The quantitative estimate of drug-likeness (QED) is 0.687.